The third-order valence-corrected chi connectivity index (χ3v) is 1.95. The molecular formula is C8H7F4N. The monoisotopic (exact) mass is 193 g/mol. The van der Waals surface area contributed by atoms with Gasteiger partial charge in [0.25, 0.3) is 0 Å². The highest BCUT2D eigenvalue weighted by atomic mass is 19.4. The van der Waals surface area contributed by atoms with Crippen LogP contribution < -0.4 is 0 Å². The number of hydrogen-bond acceptors (Lipinski definition) is 1. The fraction of sp³-hybridized carbons (Fsp3) is 0.625. The molecule has 5 heteroatoms. The lowest BCUT2D eigenvalue weighted by molar-refractivity contribution is -0.0991. The first-order valence-corrected chi connectivity index (χ1v) is 3.77. The van der Waals surface area contributed by atoms with Crippen LogP contribution in [0.25, 0.3) is 0 Å². The topological polar surface area (TPSA) is 23.8 Å². The number of nitriles is 1. The lowest BCUT2D eigenvalue weighted by Crippen LogP contribution is -2.24. The predicted molar refractivity (Wildman–Crippen MR) is 37.4 cm³/mol. The highest BCUT2D eigenvalue weighted by molar-refractivity contribution is 5.23. The number of rotatable bonds is 0. The van der Waals surface area contributed by atoms with Gasteiger partial charge < -0.3 is 0 Å². The first-order valence-electron chi connectivity index (χ1n) is 3.77. The van der Waals surface area contributed by atoms with Gasteiger partial charge in [0.2, 0.25) is 0 Å². The van der Waals surface area contributed by atoms with Crippen LogP contribution in [0, 0.1) is 17.2 Å². The lowest BCUT2D eigenvalue weighted by atomic mass is 9.87. The van der Waals surface area contributed by atoms with Crippen molar-refractivity contribution < 1.29 is 17.6 Å². The molecule has 0 fully saturated rings. The SMILES string of the molecule is N#CC1CCC(F)C=C1C(F)(F)F. The average Bonchev–Trinajstić information content (AvgIpc) is 2.03. The Labute approximate surface area is 72.7 Å². The van der Waals surface area contributed by atoms with E-state index in [4.69, 9.17) is 5.26 Å². The molecule has 0 bridgehead atoms. The number of hydrogen-bond donors (Lipinski definition) is 0. The molecule has 1 nitrogen and oxygen atoms in total. The summed E-state index contributed by atoms with van der Waals surface area (Å²) in [6.45, 7) is 0. The lowest BCUT2D eigenvalue weighted by Gasteiger charge is -2.22. The Bertz CT molecular complexity index is 260. The van der Waals surface area contributed by atoms with Crippen molar-refractivity contribution in [3.05, 3.63) is 11.6 Å². The molecule has 0 amide bonds. The molecule has 0 saturated carbocycles. The highest BCUT2D eigenvalue weighted by Crippen LogP contribution is 2.37. The molecule has 0 aliphatic heterocycles. The van der Waals surface area contributed by atoms with Gasteiger partial charge in [0.15, 0.2) is 0 Å². The summed E-state index contributed by atoms with van der Waals surface area (Å²) in [5, 5.41) is 8.40. The van der Waals surface area contributed by atoms with Gasteiger partial charge in [-0.1, -0.05) is 0 Å². The molecule has 0 heterocycles. The highest BCUT2D eigenvalue weighted by Gasteiger charge is 2.41. The van der Waals surface area contributed by atoms with Crippen molar-refractivity contribution >= 4 is 0 Å². The summed E-state index contributed by atoms with van der Waals surface area (Å²) in [5.74, 6) is -1.20. The molecule has 2 unspecified atom stereocenters. The number of halogens is 4. The van der Waals surface area contributed by atoms with Gasteiger partial charge in [0.05, 0.1) is 12.0 Å². The van der Waals surface area contributed by atoms with E-state index < -0.39 is 23.8 Å². The van der Waals surface area contributed by atoms with Crippen molar-refractivity contribution in [2.24, 2.45) is 5.92 Å². The first-order chi connectivity index (χ1) is 5.95. The van der Waals surface area contributed by atoms with Crippen LogP contribution in [-0.2, 0) is 0 Å². The van der Waals surface area contributed by atoms with Gasteiger partial charge >= 0.3 is 6.18 Å². The maximum absolute atomic E-state index is 12.6. The van der Waals surface area contributed by atoms with E-state index in [1.54, 1.807) is 0 Å². The standard InChI is InChI=1S/C8H7F4N/c9-6-2-1-5(4-13)7(3-6)8(10,11)12/h3,5-6H,1-2H2. The predicted octanol–water partition coefficient (Wildman–Crippen LogP) is 2.75. The minimum Gasteiger partial charge on any atom is -0.243 e. The van der Waals surface area contributed by atoms with E-state index in [9.17, 15) is 17.6 Å². The Hall–Kier alpha value is -1.05. The van der Waals surface area contributed by atoms with Gasteiger partial charge in [-0.2, -0.15) is 18.4 Å². The summed E-state index contributed by atoms with van der Waals surface area (Å²) in [7, 11) is 0. The molecule has 1 aliphatic rings. The summed E-state index contributed by atoms with van der Waals surface area (Å²) in [6, 6.07) is 1.53. The van der Waals surface area contributed by atoms with Gasteiger partial charge in [-0.05, 0) is 18.9 Å². The van der Waals surface area contributed by atoms with Gasteiger partial charge in [0, 0.05) is 5.57 Å². The fourth-order valence-electron chi connectivity index (χ4n) is 1.30. The maximum atomic E-state index is 12.6. The number of alkyl halides is 4. The van der Waals surface area contributed by atoms with Crippen LogP contribution in [0.2, 0.25) is 0 Å². The average molecular weight is 193 g/mol. The zero-order valence-electron chi connectivity index (χ0n) is 6.61. The minimum atomic E-state index is -4.58. The van der Waals surface area contributed by atoms with Crippen molar-refractivity contribution in [3.8, 4) is 6.07 Å². The summed E-state index contributed by atoms with van der Waals surface area (Å²) < 4.78 is 49.1. The molecule has 1 aliphatic carbocycles. The van der Waals surface area contributed by atoms with E-state index in [0.717, 1.165) is 0 Å². The van der Waals surface area contributed by atoms with Crippen LogP contribution in [-0.4, -0.2) is 12.3 Å². The Morgan fingerprint density at radius 3 is 2.46 bits per heavy atom. The van der Waals surface area contributed by atoms with E-state index >= 15 is 0 Å². The smallest absolute Gasteiger partial charge is 0.243 e. The van der Waals surface area contributed by atoms with Crippen LogP contribution in [0.15, 0.2) is 11.6 Å². The van der Waals surface area contributed by atoms with Crippen molar-refractivity contribution in [3.63, 3.8) is 0 Å². The third kappa shape index (κ3) is 2.20. The summed E-state index contributed by atoms with van der Waals surface area (Å²) >= 11 is 0. The molecule has 13 heavy (non-hydrogen) atoms. The molecular weight excluding hydrogens is 186 g/mol. The van der Waals surface area contributed by atoms with Crippen molar-refractivity contribution in [2.75, 3.05) is 0 Å². The largest absolute Gasteiger partial charge is 0.413 e. The molecule has 1 rings (SSSR count). The van der Waals surface area contributed by atoms with Crippen LogP contribution in [0.4, 0.5) is 17.6 Å². The molecule has 0 aromatic carbocycles. The van der Waals surface area contributed by atoms with Crippen molar-refractivity contribution in [1.82, 2.24) is 0 Å². The Kier molecular flexibility index (Phi) is 2.60. The molecule has 0 aromatic rings. The molecule has 2 atom stereocenters. The molecule has 72 valence electrons. The van der Waals surface area contributed by atoms with Crippen LogP contribution in [0.5, 0.6) is 0 Å². The Morgan fingerprint density at radius 1 is 1.38 bits per heavy atom. The van der Waals surface area contributed by atoms with E-state index in [0.29, 0.717) is 6.08 Å². The quantitative estimate of drug-likeness (QED) is 0.428. The molecule has 0 aromatic heterocycles. The van der Waals surface area contributed by atoms with Gasteiger partial charge in [-0.15, -0.1) is 0 Å². The Balaban J connectivity index is 2.95. The van der Waals surface area contributed by atoms with E-state index in [-0.39, 0.29) is 12.8 Å². The van der Waals surface area contributed by atoms with Crippen molar-refractivity contribution in [1.29, 1.82) is 5.26 Å². The second kappa shape index (κ2) is 3.36. The van der Waals surface area contributed by atoms with Crippen molar-refractivity contribution in [2.45, 2.75) is 25.2 Å². The summed E-state index contributed by atoms with van der Waals surface area (Å²) in [4.78, 5) is 0. The van der Waals surface area contributed by atoms with Crippen LogP contribution in [0.1, 0.15) is 12.8 Å². The third-order valence-electron chi connectivity index (χ3n) is 1.95. The van der Waals surface area contributed by atoms with E-state index in [1.807, 2.05) is 0 Å². The molecule has 0 spiro atoms. The molecule has 0 N–H and O–H groups in total. The summed E-state index contributed by atoms with van der Waals surface area (Å²) in [6.07, 6.45) is -5.69. The fourth-order valence-corrected chi connectivity index (χ4v) is 1.30. The summed E-state index contributed by atoms with van der Waals surface area (Å²) in [5.41, 5.74) is -1.03. The van der Waals surface area contributed by atoms with E-state index in [1.165, 1.54) is 6.07 Å². The Morgan fingerprint density at radius 2 is 2.00 bits per heavy atom. The number of allylic oxidation sites excluding steroid dienone is 2. The van der Waals surface area contributed by atoms with Gasteiger partial charge in [-0.3, -0.25) is 0 Å². The van der Waals surface area contributed by atoms with E-state index in [2.05, 4.69) is 0 Å². The first kappa shape index (κ1) is 10.0. The normalized spacial score (nSPS) is 29.3. The van der Waals surface area contributed by atoms with Gasteiger partial charge in [0.1, 0.15) is 6.17 Å². The zero-order valence-corrected chi connectivity index (χ0v) is 6.61. The number of nitrogens with zero attached hydrogens (tertiary/aromatic N) is 1. The minimum absolute atomic E-state index is 0.00218. The second-order valence-corrected chi connectivity index (χ2v) is 2.89. The zero-order chi connectivity index (χ0) is 10.1. The maximum Gasteiger partial charge on any atom is 0.413 e. The second-order valence-electron chi connectivity index (χ2n) is 2.89. The van der Waals surface area contributed by atoms with Gasteiger partial charge in [-0.25, -0.2) is 4.39 Å². The molecule has 0 radical (unpaired) electrons. The van der Waals surface area contributed by atoms with Crippen LogP contribution >= 0.6 is 0 Å². The van der Waals surface area contributed by atoms with Crippen LogP contribution in [0.3, 0.4) is 0 Å². The molecule has 0 saturated heterocycles.